The van der Waals surface area contributed by atoms with Crippen molar-refractivity contribution >= 4 is 39.9 Å². The zero-order chi connectivity index (χ0) is 21.4. The Morgan fingerprint density at radius 3 is 2.81 bits per heavy atom. The Kier molecular flexibility index (Phi) is 4.86. The molecular formula is C24H22N4O3. The molecule has 156 valence electrons. The number of carbonyl (C=O) groups is 3. The van der Waals surface area contributed by atoms with Crippen LogP contribution in [-0.4, -0.2) is 47.2 Å². The quantitative estimate of drug-likeness (QED) is 0.699. The Labute approximate surface area is 179 Å². The lowest BCUT2D eigenvalue weighted by molar-refractivity contribution is -0.125. The maximum absolute atomic E-state index is 13.4. The predicted octanol–water partition coefficient (Wildman–Crippen LogP) is 3.07. The van der Waals surface area contributed by atoms with Crippen molar-refractivity contribution in [2.75, 3.05) is 29.9 Å². The minimum atomic E-state index is -0.348. The van der Waals surface area contributed by atoms with E-state index in [4.69, 9.17) is 0 Å². The highest BCUT2D eigenvalue weighted by atomic mass is 16.2. The number of likely N-dealkylation sites (tertiary alicyclic amines) is 1. The van der Waals surface area contributed by atoms with Crippen molar-refractivity contribution in [1.82, 2.24) is 9.88 Å². The number of fused-ring (bicyclic) bond motifs is 2. The monoisotopic (exact) mass is 414 g/mol. The van der Waals surface area contributed by atoms with E-state index in [1.807, 2.05) is 42.5 Å². The number of anilines is 2. The molecule has 5 rings (SSSR count). The normalized spacial score (nSPS) is 18.5. The average molecular weight is 414 g/mol. The van der Waals surface area contributed by atoms with Crippen molar-refractivity contribution in [3.63, 3.8) is 0 Å². The topological polar surface area (TPSA) is 82.6 Å². The van der Waals surface area contributed by atoms with Crippen molar-refractivity contribution in [3.05, 3.63) is 66.5 Å². The van der Waals surface area contributed by atoms with Crippen molar-refractivity contribution in [3.8, 4) is 0 Å². The Hall–Kier alpha value is -3.74. The second-order valence-corrected chi connectivity index (χ2v) is 7.98. The van der Waals surface area contributed by atoms with Gasteiger partial charge in [-0.1, -0.05) is 36.4 Å². The number of piperidine rings is 1. The van der Waals surface area contributed by atoms with Crippen molar-refractivity contribution < 1.29 is 14.4 Å². The summed E-state index contributed by atoms with van der Waals surface area (Å²) in [6.45, 7) is 0.940. The van der Waals surface area contributed by atoms with Crippen LogP contribution < -0.4 is 10.2 Å². The van der Waals surface area contributed by atoms with E-state index in [1.54, 1.807) is 23.4 Å². The van der Waals surface area contributed by atoms with E-state index < -0.39 is 0 Å². The molecule has 1 unspecified atom stereocenters. The Morgan fingerprint density at radius 2 is 1.90 bits per heavy atom. The van der Waals surface area contributed by atoms with Crippen LogP contribution in [0.15, 0.2) is 60.9 Å². The van der Waals surface area contributed by atoms with E-state index in [9.17, 15) is 14.4 Å². The fourth-order valence-electron chi connectivity index (χ4n) is 4.50. The van der Waals surface area contributed by atoms with Crippen LogP contribution in [0.3, 0.4) is 0 Å². The molecule has 1 N–H and O–H groups in total. The van der Waals surface area contributed by atoms with Gasteiger partial charge in [0.15, 0.2) is 0 Å². The first-order valence-electron chi connectivity index (χ1n) is 10.4. The number of nitrogens with zero attached hydrogens (tertiary/aromatic N) is 3. The van der Waals surface area contributed by atoms with Crippen molar-refractivity contribution in [1.29, 1.82) is 0 Å². The van der Waals surface area contributed by atoms with Gasteiger partial charge >= 0.3 is 0 Å². The van der Waals surface area contributed by atoms with Crippen LogP contribution in [0.4, 0.5) is 11.4 Å². The first-order chi connectivity index (χ1) is 15.1. The fourth-order valence-corrected chi connectivity index (χ4v) is 4.50. The summed E-state index contributed by atoms with van der Waals surface area (Å²) in [5.74, 6) is -0.777. The lowest BCUT2D eigenvalue weighted by Gasteiger charge is -2.36. The van der Waals surface area contributed by atoms with E-state index >= 15 is 0 Å². The maximum atomic E-state index is 13.4. The van der Waals surface area contributed by atoms with E-state index in [0.29, 0.717) is 36.4 Å². The molecule has 1 saturated heterocycles. The molecule has 31 heavy (non-hydrogen) atoms. The summed E-state index contributed by atoms with van der Waals surface area (Å²) < 4.78 is 0. The molecule has 3 heterocycles. The lowest BCUT2D eigenvalue weighted by Crippen LogP contribution is -2.50. The molecule has 7 heteroatoms. The highest BCUT2D eigenvalue weighted by Crippen LogP contribution is 2.31. The van der Waals surface area contributed by atoms with Gasteiger partial charge in [-0.2, -0.15) is 0 Å². The third kappa shape index (κ3) is 3.52. The molecule has 0 saturated carbocycles. The molecule has 2 aliphatic heterocycles. The van der Waals surface area contributed by atoms with Gasteiger partial charge in [0, 0.05) is 24.8 Å². The van der Waals surface area contributed by atoms with Crippen LogP contribution in [0.2, 0.25) is 0 Å². The van der Waals surface area contributed by atoms with Gasteiger partial charge in [0.2, 0.25) is 11.8 Å². The summed E-state index contributed by atoms with van der Waals surface area (Å²) >= 11 is 0. The summed E-state index contributed by atoms with van der Waals surface area (Å²) in [7, 11) is 0. The second-order valence-electron chi connectivity index (χ2n) is 7.98. The molecular weight excluding hydrogens is 392 g/mol. The van der Waals surface area contributed by atoms with Gasteiger partial charge in [0.1, 0.15) is 6.54 Å². The molecule has 1 aromatic heterocycles. The van der Waals surface area contributed by atoms with Gasteiger partial charge < -0.3 is 15.1 Å². The number of carbonyl (C=O) groups excluding carboxylic acids is 3. The Bertz CT molecular complexity index is 1190. The molecule has 7 nitrogen and oxygen atoms in total. The smallest absolute Gasteiger partial charge is 0.254 e. The highest BCUT2D eigenvalue weighted by molar-refractivity contribution is 6.11. The summed E-state index contributed by atoms with van der Waals surface area (Å²) in [5, 5.41) is 4.68. The van der Waals surface area contributed by atoms with Gasteiger partial charge in [0.05, 0.1) is 23.5 Å². The zero-order valence-electron chi connectivity index (χ0n) is 17.0. The molecule has 2 aliphatic rings. The third-order valence-electron chi connectivity index (χ3n) is 6.01. The largest absolute Gasteiger partial charge is 0.338 e. The summed E-state index contributed by atoms with van der Waals surface area (Å²) in [6.07, 6.45) is 4.59. The van der Waals surface area contributed by atoms with Crippen LogP contribution >= 0.6 is 0 Å². The van der Waals surface area contributed by atoms with Crippen LogP contribution in [-0.2, 0) is 9.59 Å². The predicted molar refractivity (Wildman–Crippen MR) is 118 cm³/mol. The number of hydrogen-bond donors (Lipinski definition) is 1. The summed E-state index contributed by atoms with van der Waals surface area (Å²) in [6, 6.07) is 15.3. The molecule has 0 bridgehead atoms. The van der Waals surface area contributed by atoms with Gasteiger partial charge in [-0.05, 0) is 35.7 Å². The molecule has 1 atom stereocenters. The molecule has 0 radical (unpaired) electrons. The number of benzene rings is 2. The second kappa shape index (κ2) is 7.83. The third-order valence-corrected chi connectivity index (χ3v) is 6.01. The average Bonchev–Trinajstić information content (AvgIpc) is 2.82. The first kappa shape index (κ1) is 19.2. The minimum absolute atomic E-state index is 0.0242. The van der Waals surface area contributed by atoms with Gasteiger partial charge in [0.25, 0.3) is 5.91 Å². The van der Waals surface area contributed by atoms with E-state index in [-0.39, 0.29) is 30.2 Å². The summed E-state index contributed by atoms with van der Waals surface area (Å²) in [4.78, 5) is 46.1. The standard InChI is InChI=1S/C24H22N4O3/c29-22-15-28(21-10-11-25-13-20(21)26-22)23(30)17-7-4-12-27(14-17)24(31)19-9-3-6-16-5-1-2-8-18(16)19/h1-3,5-6,8-11,13,17H,4,7,12,14-15H2,(H,26,29). The molecule has 0 aliphatic carbocycles. The van der Waals surface area contributed by atoms with Crippen LogP contribution in [0.1, 0.15) is 23.2 Å². The highest BCUT2D eigenvalue weighted by Gasteiger charge is 2.35. The van der Waals surface area contributed by atoms with Gasteiger partial charge in [-0.25, -0.2) is 0 Å². The zero-order valence-corrected chi connectivity index (χ0v) is 17.0. The number of pyridine rings is 1. The molecule has 1 fully saturated rings. The SMILES string of the molecule is O=C1CN(C(=O)C2CCCN(C(=O)c3cccc4ccccc34)C2)c2ccncc2N1. The summed E-state index contributed by atoms with van der Waals surface area (Å²) in [5.41, 5.74) is 1.84. The Morgan fingerprint density at radius 1 is 1.06 bits per heavy atom. The van der Waals surface area contributed by atoms with E-state index in [1.165, 1.54) is 4.90 Å². The van der Waals surface area contributed by atoms with Crippen molar-refractivity contribution in [2.45, 2.75) is 12.8 Å². The number of aromatic nitrogens is 1. The van der Waals surface area contributed by atoms with Crippen LogP contribution in [0, 0.1) is 5.92 Å². The van der Waals surface area contributed by atoms with Crippen LogP contribution in [0.5, 0.6) is 0 Å². The molecule has 3 aromatic rings. The number of hydrogen-bond acceptors (Lipinski definition) is 4. The van der Waals surface area contributed by atoms with Crippen molar-refractivity contribution in [2.24, 2.45) is 5.92 Å². The van der Waals surface area contributed by atoms with E-state index in [0.717, 1.165) is 17.2 Å². The van der Waals surface area contributed by atoms with Gasteiger partial charge in [-0.3, -0.25) is 19.4 Å². The molecule has 3 amide bonds. The van der Waals surface area contributed by atoms with Crippen LogP contribution in [0.25, 0.3) is 10.8 Å². The van der Waals surface area contributed by atoms with Gasteiger partial charge in [-0.15, -0.1) is 0 Å². The maximum Gasteiger partial charge on any atom is 0.254 e. The molecule has 0 spiro atoms. The van der Waals surface area contributed by atoms with E-state index in [2.05, 4.69) is 10.3 Å². The minimum Gasteiger partial charge on any atom is -0.338 e. The number of nitrogens with one attached hydrogen (secondary N) is 1. The first-order valence-corrected chi connectivity index (χ1v) is 10.4. The lowest BCUT2D eigenvalue weighted by atomic mass is 9.94. The Balaban J connectivity index is 1.39. The number of rotatable bonds is 2. The number of amides is 3. The molecule has 2 aromatic carbocycles. The fraction of sp³-hybridized carbons (Fsp3) is 0.250.